The quantitative estimate of drug-likeness (QED) is 0.752. The first kappa shape index (κ1) is 14.0. The third-order valence-electron chi connectivity index (χ3n) is 2.73. The van der Waals surface area contributed by atoms with Gasteiger partial charge in [0.15, 0.2) is 5.96 Å². The first-order valence-corrected chi connectivity index (χ1v) is 6.01. The molecule has 1 fully saturated rings. The predicted molar refractivity (Wildman–Crippen MR) is 67.9 cm³/mol. The molecular weight excluding hydrogens is 218 g/mol. The second-order valence-electron chi connectivity index (χ2n) is 5.44. The summed E-state index contributed by atoms with van der Waals surface area (Å²) in [6.45, 7) is 8.82. The fourth-order valence-corrected chi connectivity index (χ4v) is 1.55. The van der Waals surface area contributed by atoms with Crippen molar-refractivity contribution in [3.8, 4) is 0 Å². The van der Waals surface area contributed by atoms with Crippen LogP contribution in [0, 0.1) is 5.92 Å². The van der Waals surface area contributed by atoms with Gasteiger partial charge in [0.2, 0.25) is 5.91 Å². The van der Waals surface area contributed by atoms with Gasteiger partial charge >= 0.3 is 0 Å². The third-order valence-corrected chi connectivity index (χ3v) is 2.73. The van der Waals surface area contributed by atoms with Gasteiger partial charge in [-0.3, -0.25) is 15.1 Å². The lowest BCUT2D eigenvalue weighted by Gasteiger charge is -2.25. The Balaban J connectivity index is 2.56. The molecule has 1 heterocycles. The molecule has 5 heteroatoms. The Bertz CT molecular complexity index is 311. The zero-order chi connectivity index (χ0) is 13.1. The van der Waals surface area contributed by atoms with E-state index in [4.69, 9.17) is 4.74 Å². The van der Waals surface area contributed by atoms with Gasteiger partial charge in [0.05, 0.1) is 5.60 Å². The van der Waals surface area contributed by atoms with Crippen molar-refractivity contribution >= 4 is 11.9 Å². The van der Waals surface area contributed by atoms with E-state index >= 15 is 0 Å². The van der Waals surface area contributed by atoms with E-state index in [9.17, 15) is 4.79 Å². The standard InChI is InChI=1S/C12H23N3O2/c1-8(2)7-13-11-14-9(10(16)15-11)6-12(3,4)17-5/h8-9H,6-7H2,1-5H3,(H2,13,14,15,16). The second kappa shape index (κ2) is 5.49. The van der Waals surface area contributed by atoms with Gasteiger partial charge in [0, 0.05) is 20.1 Å². The lowest BCUT2D eigenvalue weighted by molar-refractivity contribution is -0.121. The van der Waals surface area contributed by atoms with Gasteiger partial charge < -0.3 is 10.1 Å². The van der Waals surface area contributed by atoms with E-state index in [1.54, 1.807) is 7.11 Å². The average molecular weight is 241 g/mol. The van der Waals surface area contributed by atoms with Crippen molar-refractivity contribution < 1.29 is 9.53 Å². The molecule has 1 aliphatic heterocycles. The zero-order valence-corrected chi connectivity index (χ0v) is 11.3. The van der Waals surface area contributed by atoms with Crippen LogP contribution in [0.4, 0.5) is 0 Å². The molecule has 98 valence electrons. The monoisotopic (exact) mass is 241 g/mol. The highest BCUT2D eigenvalue weighted by molar-refractivity contribution is 6.06. The molecule has 0 aliphatic carbocycles. The summed E-state index contributed by atoms with van der Waals surface area (Å²) in [6, 6.07) is -0.254. The Morgan fingerprint density at radius 2 is 2.12 bits per heavy atom. The number of carbonyl (C=O) groups excluding carboxylic acids is 1. The van der Waals surface area contributed by atoms with Crippen molar-refractivity contribution in [3.63, 3.8) is 0 Å². The lowest BCUT2D eigenvalue weighted by Crippen LogP contribution is -2.38. The zero-order valence-electron chi connectivity index (χ0n) is 11.3. The number of nitrogens with zero attached hydrogens (tertiary/aromatic N) is 1. The summed E-state index contributed by atoms with van der Waals surface area (Å²) in [6.07, 6.45) is 0.621. The number of aliphatic imine (C=N–C) groups is 1. The molecule has 1 saturated heterocycles. The SMILES string of the molecule is COC(C)(C)CC1NC(=NCC(C)C)NC1=O. The Kier molecular flexibility index (Phi) is 4.51. The van der Waals surface area contributed by atoms with E-state index in [0.29, 0.717) is 24.8 Å². The number of amides is 1. The summed E-state index contributed by atoms with van der Waals surface area (Å²) < 4.78 is 5.32. The summed E-state index contributed by atoms with van der Waals surface area (Å²) in [7, 11) is 1.65. The predicted octanol–water partition coefficient (Wildman–Crippen LogP) is 0.901. The maximum Gasteiger partial charge on any atom is 0.249 e. The van der Waals surface area contributed by atoms with Crippen LogP contribution in [0.3, 0.4) is 0 Å². The first-order chi connectivity index (χ1) is 7.84. The van der Waals surface area contributed by atoms with Gasteiger partial charge in [-0.2, -0.15) is 0 Å². The van der Waals surface area contributed by atoms with Crippen molar-refractivity contribution in [3.05, 3.63) is 0 Å². The van der Waals surface area contributed by atoms with Crippen LogP contribution in [0.2, 0.25) is 0 Å². The minimum Gasteiger partial charge on any atom is -0.379 e. The number of hydrogen-bond donors (Lipinski definition) is 2. The molecule has 1 rings (SSSR count). The molecule has 17 heavy (non-hydrogen) atoms. The molecule has 2 N–H and O–H groups in total. The van der Waals surface area contributed by atoms with E-state index in [0.717, 1.165) is 0 Å². The van der Waals surface area contributed by atoms with E-state index in [-0.39, 0.29) is 17.6 Å². The number of nitrogens with one attached hydrogen (secondary N) is 2. The minimum atomic E-state index is -0.317. The van der Waals surface area contributed by atoms with Crippen LogP contribution in [0.15, 0.2) is 4.99 Å². The molecule has 0 spiro atoms. The first-order valence-electron chi connectivity index (χ1n) is 6.01. The molecule has 0 aromatic heterocycles. The largest absolute Gasteiger partial charge is 0.379 e. The lowest BCUT2D eigenvalue weighted by atomic mass is 9.99. The summed E-state index contributed by atoms with van der Waals surface area (Å²) in [4.78, 5) is 16.0. The molecule has 1 amide bonds. The van der Waals surface area contributed by atoms with E-state index in [1.807, 2.05) is 13.8 Å². The molecule has 5 nitrogen and oxygen atoms in total. The molecule has 0 bridgehead atoms. The fourth-order valence-electron chi connectivity index (χ4n) is 1.55. The van der Waals surface area contributed by atoms with Gasteiger partial charge in [0.25, 0.3) is 0 Å². The van der Waals surface area contributed by atoms with Crippen LogP contribution < -0.4 is 10.6 Å². The Hall–Kier alpha value is -1.10. The molecule has 1 atom stereocenters. The van der Waals surface area contributed by atoms with Crippen molar-refractivity contribution in [1.29, 1.82) is 0 Å². The molecule has 0 aromatic rings. The maximum atomic E-state index is 11.7. The van der Waals surface area contributed by atoms with Crippen LogP contribution in [-0.4, -0.2) is 37.2 Å². The average Bonchev–Trinajstić information content (AvgIpc) is 2.56. The number of rotatable bonds is 5. The number of ether oxygens (including phenoxy) is 1. The second-order valence-corrected chi connectivity index (χ2v) is 5.44. The van der Waals surface area contributed by atoms with Crippen LogP contribution in [0.5, 0.6) is 0 Å². The summed E-state index contributed by atoms with van der Waals surface area (Å²) in [5, 5.41) is 5.85. The van der Waals surface area contributed by atoms with Crippen molar-refractivity contribution in [1.82, 2.24) is 10.6 Å². The van der Waals surface area contributed by atoms with Crippen molar-refractivity contribution in [2.75, 3.05) is 13.7 Å². The molecule has 1 aliphatic rings. The van der Waals surface area contributed by atoms with Crippen molar-refractivity contribution in [2.45, 2.75) is 45.8 Å². The Labute approximate surface area is 103 Å². The molecule has 1 unspecified atom stereocenters. The summed E-state index contributed by atoms with van der Waals surface area (Å²) in [5.41, 5.74) is -0.317. The Morgan fingerprint density at radius 3 is 2.65 bits per heavy atom. The minimum absolute atomic E-state index is 0.0300. The van der Waals surface area contributed by atoms with Crippen LogP contribution in [0.25, 0.3) is 0 Å². The van der Waals surface area contributed by atoms with E-state index in [2.05, 4.69) is 29.5 Å². The molecular formula is C12H23N3O2. The highest BCUT2D eigenvalue weighted by Gasteiger charge is 2.33. The highest BCUT2D eigenvalue weighted by Crippen LogP contribution is 2.17. The normalized spacial score (nSPS) is 23.1. The number of hydrogen-bond acceptors (Lipinski definition) is 3. The number of methoxy groups -OCH3 is 1. The molecule has 0 aromatic carbocycles. The number of carbonyl (C=O) groups is 1. The Morgan fingerprint density at radius 1 is 1.47 bits per heavy atom. The summed E-state index contributed by atoms with van der Waals surface area (Å²) >= 11 is 0. The topological polar surface area (TPSA) is 62.7 Å². The number of guanidine groups is 1. The van der Waals surface area contributed by atoms with Crippen molar-refractivity contribution in [2.24, 2.45) is 10.9 Å². The van der Waals surface area contributed by atoms with Gasteiger partial charge in [-0.05, 0) is 19.8 Å². The van der Waals surface area contributed by atoms with Gasteiger partial charge in [-0.15, -0.1) is 0 Å². The van der Waals surface area contributed by atoms with Gasteiger partial charge in [-0.1, -0.05) is 13.8 Å². The third kappa shape index (κ3) is 4.34. The van der Waals surface area contributed by atoms with Gasteiger partial charge in [0.1, 0.15) is 6.04 Å². The maximum absolute atomic E-state index is 11.7. The fraction of sp³-hybridized carbons (Fsp3) is 0.833. The molecule has 0 saturated carbocycles. The molecule has 0 radical (unpaired) electrons. The van der Waals surface area contributed by atoms with E-state index in [1.165, 1.54) is 0 Å². The van der Waals surface area contributed by atoms with Crippen LogP contribution >= 0.6 is 0 Å². The highest BCUT2D eigenvalue weighted by atomic mass is 16.5. The smallest absolute Gasteiger partial charge is 0.249 e. The van der Waals surface area contributed by atoms with Crippen LogP contribution in [-0.2, 0) is 9.53 Å². The van der Waals surface area contributed by atoms with E-state index < -0.39 is 0 Å². The van der Waals surface area contributed by atoms with Gasteiger partial charge in [-0.25, -0.2) is 0 Å². The summed E-state index contributed by atoms with van der Waals surface area (Å²) in [5.74, 6) is 1.04. The van der Waals surface area contributed by atoms with Crippen LogP contribution in [0.1, 0.15) is 34.1 Å².